The first-order chi connectivity index (χ1) is 9.72. The molecule has 1 heterocycles. The molecule has 9 heteroatoms. The van der Waals surface area contributed by atoms with Crippen LogP contribution < -0.4 is 4.72 Å². The van der Waals surface area contributed by atoms with Crippen LogP contribution in [0.3, 0.4) is 0 Å². The molecule has 0 radical (unpaired) electrons. The van der Waals surface area contributed by atoms with Crippen LogP contribution in [0.25, 0.3) is 0 Å². The van der Waals surface area contributed by atoms with Gasteiger partial charge in [0.05, 0.1) is 18.1 Å². The van der Waals surface area contributed by atoms with Gasteiger partial charge in [0.1, 0.15) is 21.3 Å². The highest BCUT2D eigenvalue weighted by molar-refractivity contribution is 7.95. The van der Waals surface area contributed by atoms with E-state index in [9.17, 15) is 16.8 Å². The van der Waals surface area contributed by atoms with E-state index in [0.717, 1.165) is 6.26 Å². The number of anilines is 1. The van der Waals surface area contributed by atoms with Crippen molar-refractivity contribution in [1.82, 2.24) is 4.98 Å². The summed E-state index contributed by atoms with van der Waals surface area (Å²) in [6.07, 6.45) is 1.27. The highest BCUT2D eigenvalue weighted by Gasteiger charge is 2.15. The zero-order chi connectivity index (χ0) is 15.9. The van der Waals surface area contributed by atoms with Crippen molar-refractivity contribution in [1.29, 1.82) is 0 Å². The Morgan fingerprint density at radius 3 is 2.57 bits per heavy atom. The zero-order valence-electron chi connectivity index (χ0n) is 11.4. The van der Waals surface area contributed by atoms with Crippen LogP contribution >= 0.6 is 0 Å². The van der Waals surface area contributed by atoms with Crippen LogP contribution in [0, 0.1) is 11.8 Å². The maximum Gasteiger partial charge on any atom is 0.234 e. The van der Waals surface area contributed by atoms with Crippen molar-refractivity contribution in [3.8, 4) is 11.8 Å². The van der Waals surface area contributed by atoms with Gasteiger partial charge in [-0.15, -0.1) is 0 Å². The number of sulfonamides is 1. The number of aliphatic hydroxyl groups excluding tert-OH is 1. The van der Waals surface area contributed by atoms with Crippen molar-refractivity contribution in [2.45, 2.75) is 6.42 Å². The quantitative estimate of drug-likeness (QED) is 0.685. The van der Waals surface area contributed by atoms with Gasteiger partial charge in [0, 0.05) is 12.7 Å². The minimum Gasteiger partial charge on any atom is -0.395 e. The lowest BCUT2D eigenvalue weighted by Crippen LogP contribution is -2.22. The van der Waals surface area contributed by atoms with Crippen LogP contribution in [0.2, 0.25) is 0 Å². The zero-order valence-corrected chi connectivity index (χ0v) is 13.0. The molecule has 0 atom stereocenters. The van der Waals surface area contributed by atoms with E-state index in [0.29, 0.717) is 12.1 Å². The minimum atomic E-state index is -3.79. The lowest BCUT2D eigenvalue weighted by molar-refractivity contribution is 0.305. The Morgan fingerprint density at radius 1 is 1.24 bits per heavy atom. The van der Waals surface area contributed by atoms with Gasteiger partial charge in [0.2, 0.25) is 10.0 Å². The molecule has 7 nitrogen and oxygen atoms in total. The van der Waals surface area contributed by atoms with Gasteiger partial charge in [-0.1, -0.05) is 12.0 Å². The summed E-state index contributed by atoms with van der Waals surface area (Å²) in [6, 6.07) is 4.61. The topological polar surface area (TPSA) is 113 Å². The third-order valence-corrected chi connectivity index (χ3v) is 4.65. The van der Waals surface area contributed by atoms with Crippen LogP contribution in [-0.4, -0.2) is 51.3 Å². The molecule has 2 N–H and O–H groups in total. The average Bonchev–Trinajstić information content (AvgIpc) is 2.36. The Labute approximate surface area is 124 Å². The van der Waals surface area contributed by atoms with E-state index in [4.69, 9.17) is 5.11 Å². The van der Waals surface area contributed by atoms with E-state index < -0.39 is 31.4 Å². The van der Waals surface area contributed by atoms with E-state index in [-0.39, 0.29) is 12.4 Å². The Hall–Kier alpha value is -1.63. The molecule has 0 bridgehead atoms. The molecule has 1 aromatic rings. The molecule has 116 valence electrons. The Bertz CT molecular complexity index is 745. The third-order valence-electron chi connectivity index (χ3n) is 2.19. The van der Waals surface area contributed by atoms with E-state index >= 15 is 0 Å². The number of hydrogen-bond acceptors (Lipinski definition) is 6. The first-order valence-electron chi connectivity index (χ1n) is 5.97. The number of aliphatic hydroxyl groups is 1. The summed E-state index contributed by atoms with van der Waals surface area (Å²) < 4.78 is 47.6. The predicted molar refractivity (Wildman–Crippen MR) is 79.9 cm³/mol. The van der Waals surface area contributed by atoms with Crippen LogP contribution in [0.1, 0.15) is 12.1 Å². The smallest absolute Gasteiger partial charge is 0.234 e. The van der Waals surface area contributed by atoms with Gasteiger partial charge in [0.15, 0.2) is 0 Å². The van der Waals surface area contributed by atoms with Gasteiger partial charge in [0.25, 0.3) is 0 Å². The second-order valence-corrected chi connectivity index (χ2v) is 8.34. The number of nitrogens with zero attached hydrogens (tertiary/aromatic N) is 1. The summed E-state index contributed by atoms with van der Waals surface area (Å²) in [6.45, 7) is -0.0647. The molecule has 0 aromatic carbocycles. The molecule has 0 amide bonds. The summed E-state index contributed by atoms with van der Waals surface area (Å²) in [5, 5.41) is 8.61. The van der Waals surface area contributed by atoms with Crippen molar-refractivity contribution in [2.75, 3.05) is 29.1 Å². The molecule has 0 unspecified atom stereocenters. The number of nitrogens with one attached hydrogen (secondary N) is 1. The molecule has 21 heavy (non-hydrogen) atoms. The molecular weight excluding hydrogens is 316 g/mol. The van der Waals surface area contributed by atoms with Crippen LogP contribution in [0.4, 0.5) is 5.82 Å². The minimum absolute atomic E-state index is 0.0647. The van der Waals surface area contributed by atoms with Crippen molar-refractivity contribution >= 4 is 25.7 Å². The lowest BCUT2D eigenvalue weighted by atomic mass is 10.3. The number of aromatic nitrogens is 1. The summed E-state index contributed by atoms with van der Waals surface area (Å²) >= 11 is 0. The summed E-state index contributed by atoms with van der Waals surface area (Å²) in [4.78, 5) is 3.98. The summed E-state index contributed by atoms with van der Waals surface area (Å²) in [5.74, 6) is 4.42. The van der Waals surface area contributed by atoms with E-state index in [1.807, 2.05) is 0 Å². The number of sulfone groups is 1. The van der Waals surface area contributed by atoms with Gasteiger partial charge in [-0.25, -0.2) is 21.8 Å². The number of rotatable bonds is 6. The molecule has 0 aliphatic carbocycles. The molecule has 0 aliphatic heterocycles. The molecule has 0 spiro atoms. The summed E-state index contributed by atoms with van der Waals surface area (Å²) in [5.41, 5.74) is 0.353. The average molecular weight is 332 g/mol. The standard InChI is InChI=1S/C12H16N2O5S2/c1-20(16,17)9-10-21(18,19)14-12-7-4-6-11(13-12)5-2-3-8-15/h4,6-7,15H,3,8-10H2,1H3,(H,13,14). The number of pyridine rings is 1. The highest BCUT2D eigenvalue weighted by atomic mass is 32.2. The highest BCUT2D eigenvalue weighted by Crippen LogP contribution is 2.07. The molecule has 0 saturated heterocycles. The van der Waals surface area contributed by atoms with Gasteiger partial charge in [-0.3, -0.25) is 4.72 Å². The first kappa shape index (κ1) is 17.4. The van der Waals surface area contributed by atoms with Crippen LogP contribution in [0.5, 0.6) is 0 Å². The fourth-order valence-electron chi connectivity index (χ4n) is 1.24. The molecule has 1 aromatic heterocycles. The van der Waals surface area contributed by atoms with Crippen LogP contribution in [0.15, 0.2) is 18.2 Å². The van der Waals surface area contributed by atoms with Crippen molar-refractivity contribution < 1.29 is 21.9 Å². The van der Waals surface area contributed by atoms with Crippen LogP contribution in [-0.2, 0) is 19.9 Å². The van der Waals surface area contributed by atoms with Gasteiger partial charge < -0.3 is 5.11 Å². The third kappa shape index (κ3) is 7.65. The van der Waals surface area contributed by atoms with E-state index in [1.54, 1.807) is 12.1 Å². The molecule has 0 aliphatic rings. The fraction of sp³-hybridized carbons (Fsp3) is 0.417. The van der Waals surface area contributed by atoms with Gasteiger partial charge >= 0.3 is 0 Å². The largest absolute Gasteiger partial charge is 0.395 e. The maximum absolute atomic E-state index is 11.7. The van der Waals surface area contributed by atoms with E-state index in [1.165, 1.54) is 6.07 Å². The second kappa shape index (κ2) is 7.40. The molecular formula is C12H16N2O5S2. The normalized spacial score (nSPS) is 11.5. The Kier molecular flexibility index (Phi) is 6.14. The van der Waals surface area contributed by atoms with Gasteiger partial charge in [-0.2, -0.15) is 0 Å². The SMILES string of the molecule is CS(=O)(=O)CCS(=O)(=O)Nc1cccc(C#CCCO)n1. The van der Waals surface area contributed by atoms with E-state index in [2.05, 4.69) is 21.5 Å². The first-order valence-corrected chi connectivity index (χ1v) is 9.68. The van der Waals surface area contributed by atoms with Crippen molar-refractivity contribution in [2.24, 2.45) is 0 Å². The Balaban J connectivity index is 2.79. The lowest BCUT2D eigenvalue weighted by Gasteiger charge is -2.06. The predicted octanol–water partition coefficient (Wildman–Crippen LogP) is -0.398. The van der Waals surface area contributed by atoms with Crippen molar-refractivity contribution in [3.05, 3.63) is 23.9 Å². The molecule has 0 saturated carbocycles. The Morgan fingerprint density at radius 2 is 1.95 bits per heavy atom. The maximum atomic E-state index is 11.7. The number of hydrogen-bond donors (Lipinski definition) is 2. The molecule has 0 fully saturated rings. The monoisotopic (exact) mass is 332 g/mol. The molecule has 1 rings (SSSR count). The van der Waals surface area contributed by atoms with Gasteiger partial charge in [-0.05, 0) is 18.1 Å². The summed E-state index contributed by atoms with van der Waals surface area (Å²) in [7, 11) is -7.15. The van der Waals surface area contributed by atoms with Crippen molar-refractivity contribution in [3.63, 3.8) is 0 Å². The second-order valence-electron chi connectivity index (χ2n) is 4.23. The fourth-order valence-corrected chi connectivity index (χ4v) is 3.86.